The highest BCUT2D eigenvalue weighted by molar-refractivity contribution is 6.54. The molecule has 0 saturated carbocycles. The Morgan fingerprint density at radius 2 is 1.41 bits per heavy atom. The van der Waals surface area contributed by atoms with Crippen molar-refractivity contribution in [1.29, 1.82) is 0 Å². The number of primary amides is 1. The van der Waals surface area contributed by atoms with Gasteiger partial charge < -0.3 is 24.5 Å². The number of likely N-dealkylation sites (N-methyl/N-ethyl adjacent to an activating group) is 1. The van der Waals surface area contributed by atoms with Crippen LogP contribution >= 0.6 is 0 Å². The highest BCUT2D eigenvalue weighted by Gasteiger charge is 2.45. The van der Waals surface area contributed by atoms with Crippen LogP contribution in [0.3, 0.4) is 0 Å². The molecule has 2 aromatic carbocycles. The molecule has 0 aliphatic carbocycles. The molecule has 0 spiro atoms. The van der Waals surface area contributed by atoms with Crippen molar-refractivity contribution in [2.75, 3.05) is 27.2 Å². The highest BCUT2D eigenvalue weighted by Crippen LogP contribution is 2.42. The molecular weight excluding hydrogens is 522 g/mol. The fourth-order valence-corrected chi connectivity index (χ4v) is 5.98. The molecule has 4 bridgehead atoms. The lowest BCUT2D eigenvalue weighted by Gasteiger charge is -2.22. The fourth-order valence-electron chi connectivity index (χ4n) is 5.98. The van der Waals surface area contributed by atoms with Crippen molar-refractivity contribution < 1.29 is 23.9 Å². The Labute approximate surface area is 236 Å². The van der Waals surface area contributed by atoms with Crippen LogP contribution in [-0.4, -0.2) is 75.9 Å². The van der Waals surface area contributed by atoms with Gasteiger partial charge in [-0.1, -0.05) is 36.4 Å². The molecular formula is C31H31N5O5. The lowest BCUT2D eigenvalue weighted by Crippen LogP contribution is -2.39. The molecule has 41 heavy (non-hydrogen) atoms. The van der Waals surface area contributed by atoms with Crippen LogP contribution in [0.4, 0.5) is 0 Å². The van der Waals surface area contributed by atoms with E-state index in [1.165, 1.54) is 0 Å². The topological polar surface area (TPSA) is 120 Å². The van der Waals surface area contributed by atoms with Crippen LogP contribution in [0.15, 0.2) is 60.9 Å². The minimum absolute atomic E-state index is 0.0229. The average molecular weight is 554 g/mol. The number of nitrogens with two attached hydrogens (primary N) is 1. The lowest BCUT2D eigenvalue weighted by molar-refractivity contribution is -0.148. The van der Waals surface area contributed by atoms with E-state index in [9.17, 15) is 19.2 Å². The predicted molar refractivity (Wildman–Crippen MR) is 154 cm³/mol. The molecule has 210 valence electrons. The van der Waals surface area contributed by atoms with Gasteiger partial charge in [0.1, 0.15) is 6.42 Å². The zero-order valence-corrected chi connectivity index (χ0v) is 23.0. The van der Waals surface area contributed by atoms with E-state index in [2.05, 4.69) is 9.47 Å². The molecule has 2 N–H and O–H groups in total. The molecule has 4 aromatic rings. The van der Waals surface area contributed by atoms with Crippen LogP contribution in [0.2, 0.25) is 0 Å². The molecule has 0 fully saturated rings. The van der Waals surface area contributed by atoms with Crippen molar-refractivity contribution >= 4 is 56.6 Å². The van der Waals surface area contributed by atoms with E-state index < -0.39 is 30.0 Å². The minimum Gasteiger partial charge on any atom is -0.375 e. The number of benzene rings is 2. The zero-order valence-electron chi connectivity index (χ0n) is 23.0. The first kappa shape index (κ1) is 26.7. The van der Waals surface area contributed by atoms with E-state index >= 15 is 0 Å². The molecule has 10 heteroatoms. The molecule has 4 amide bonds. The quantitative estimate of drug-likeness (QED) is 0.307. The van der Waals surface area contributed by atoms with Crippen molar-refractivity contribution in [2.24, 2.45) is 5.73 Å². The molecule has 4 heterocycles. The number of para-hydroxylation sites is 2. The van der Waals surface area contributed by atoms with Crippen LogP contribution < -0.4 is 5.73 Å². The first-order valence-electron chi connectivity index (χ1n) is 13.6. The average Bonchev–Trinajstić information content (AvgIpc) is 3.55. The number of ether oxygens (including phenoxy) is 1. The van der Waals surface area contributed by atoms with E-state index in [4.69, 9.17) is 10.5 Å². The number of imide groups is 3. The van der Waals surface area contributed by atoms with Gasteiger partial charge in [-0.3, -0.25) is 19.2 Å². The largest absolute Gasteiger partial charge is 0.375 e. The number of nitrogens with zero attached hydrogens (tertiary/aromatic N) is 4. The Bertz CT molecular complexity index is 1760. The summed E-state index contributed by atoms with van der Waals surface area (Å²) >= 11 is 0. The van der Waals surface area contributed by atoms with Gasteiger partial charge in [0.25, 0.3) is 11.8 Å². The van der Waals surface area contributed by atoms with Crippen molar-refractivity contribution in [3.8, 4) is 0 Å². The van der Waals surface area contributed by atoms with Crippen molar-refractivity contribution in [3.05, 3.63) is 72.1 Å². The molecule has 0 saturated heterocycles. The summed E-state index contributed by atoms with van der Waals surface area (Å²) in [6.07, 6.45) is 3.69. The molecule has 0 radical (unpaired) electrons. The minimum atomic E-state index is -0.940. The van der Waals surface area contributed by atoms with Gasteiger partial charge in [0.05, 0.1) is 23.9 Å². The van der Waals surface area contributed by atoms with E-state index in [1.807, 2.05) is 79.6 Å². The van der Waals surface area contributed by atoms with Gasteiger partial charge in [-0.2, -0.15) is 0 Å². The monoisotopic (exact) mass is 553 g/mol. The third-order valence-corrected chi connectivity index (χ3v) is 7.72. The van der Waals surface area contributed by atoms with E-state index in [1.54, 1.807) is 0 Å². The summed E-state index contributed by atoms with van der Waals surface area (Å²) in [5.41, 5.74) is 8.42. The van der Waals surface area contributed by atoms with Crippen LogP contribution in [0.25, 0.3) is 33.0 Å². The molecule has 10 nitrogen and oxygen atoms in total. The number of hydrogen-bond acceptors (Lipinski definition) is 6. The summed E-state index contributed by atoms with van der Waals surface area (Å²) < 4.78 is 10.5. The van der Waals surface area contributed by atoms with Gasteiger partial charge in [-0.15, -0.1) is 0 Å². The van der Waals surface area contributed by atoms with Crippen LogP contribution in [0.5, 0.6) is 0 Å². The van der Waals surface area contributed by atoms with E-state index in [0.717, 1.165) is 34.8 Å². The van der Waals surface area contributed by atoms with E-state index in [0.29, 0.717) is 35.7 Å². The van der Waals surface area contributed by atoms with Gasteiger partial charge in [0.15, 0.2) is 0 Å². The van der Waals surface area contributed by atoms with E-state index in [-0.39, 0.29) is 17.3 Å². The SMILES string of the molecule is CN(C)C[C@H]1CCn2cc(c3ccccc32)C2=C(C(=O)N(C(=O)CC(N)=O)C2=O)c2cn(c3ccccc23)CCO1. The fraction of sp³-hybridized carbons (Fsp3) is 0.290. The number of carbonyl (C=O) groups excluding carboxylic acids is 4. The maximum absolute atomic E-state index is 14.0. The van der Waals surface area contributed by atoms with Crippen molar-refractivity contribution in [1.82, 2.24) is 18.9 Å². The first-order chi connectivity index (χ1) is 19.7. The number of fused-ring (bicyclic) bond motifs is 12. The Balaban J connectivity index is 1.62. The normalized spacial score (nSPS) is 17.9. The Hall–Kier alpha value is -4.54. The maximum Gasteiger partial charge on any atom is 0.269 e. The highest BCUT2D eigenvalue weighted by atomic mass is 16.5. The van der Waals surface area contributed by atoms with Gasteiger partial charge in [0, 0.05) is 65.0 Å². The molecule has 1 atom stereocenters. The second kappa shape index (κ2) is 10.5. The standard InChI is InChI=1S/C31H31N5O5/c1-33(2)16-19-11-12-34-17-22(20-7-3-5-9-24(20)34)28-29(31(40)36(30(28)39)27(38)15-26(32)37)23-18-35(13-14-41-19)25-10-6-4-8-21(23)25/h3-10,17-19H,11-16H2,1-2H3,(H2,32,37)/t19-/m1/s1. The van der Waals surface area contributed by atoms with Crippen LogP contribution in [0.1, 0.15) is 24.0 Å². The Morgan fingerprint density at radius 1 is 0.878 bits per heavy atom. The summed E-state index contributed by atoms with van der Waals surface area (Å²) in [6, 6.07) is 15.3. The predicted octanol–water partition coefficient (Wildman–Crippen LogP) is 2.63. The summed E-state index contributed by atoms with van der Waals surface area (Å²) in [4.78, 5) is 55.3. The number of carbonyl (C=O) groups is 4. The van der Waals surface area contributed by atoms with Crippen LogP contribution in [-0.2, 0) is 37.0 Å². The summed E-state index contributed by atoms with van der Waals surface area (Å²) in [7, 11) is 4.04. The molecule has 0 unspecified atom stereocenters. The summed E-state index contributed by atoms with van der Waals surface area (Å²) in [5.74, 6) is -3.36. The van der Waals surface area contributed by atoms with Gasteiger partial charge >= 0.3 is 0 Å². The smallest absolute Gasteiger partial charge is 0.269 e. The second-order valence-electron chi connectivity index (χ2n) is 10.8. The number of hydrogen-bond donors (Lipinski definition) is 1. The first-order valence-corrected chi connectivity index (χ1v) is 13.6. The second-order valence-corrected chi connectivity index (χ2v) is 10.8. The Kier molecular flexibility index (Phi) is 6.80. The Morgan fingerprint density at radius 3 is 1.95 bits per heavy atom. The van der Waals surface area contributed by atoms with Crippen molar-refractivity contribution in [3.63, 3.8) is 0 Å². The molecule has 2 aliphatic heterocycles. The summed E-state index contributed by atoms with van der Waals surface area (Å²) in [6.45, 7) is 2.37. The van der Waals surface area contributed by atoms with Gasteiger partial charge in [-0.05, 0) is 32.6 Å². The molecule has 2 aromatic heterocycles. The number of rotatable bonds is 4. The zero-order chi connectivity index (χ0) is 28.8. The van der Waals surface area contributed by atoms with Crippen molar-refractivity contribution in [2.45, 2.75) is 32.0 Å². The van der Waals surface area contributed by atoms with Crippen LogP contribution in [0, 0.1) is 0 Å². The molecule has 6 rings (SSSR count). The summed E-state index contributed by atoms with van der Waals surface area (Å²) in [5, 5.41) is 1.56. The number of aryl methyl sites for hydroxylation is 1. The van der Waals surface area contributed by atoms with Gasteiger partial charge in [0.2, 0.25) is 11.8 Å². The third kappa shape index (κ3) is 4.64. The lowest BCUT2D eigenvalue weighted by atomic mass is 9.95. The maximum atomic E-state index is 14.0. The number of aromatic nitrogens is 2. The molecule has 2 aliphatic rings. The van der Waals surface area contributed by atoms with Gasteiger partial charge in [-0.25, -0.2) is 4.90 Å². The third-order valence-electron chi connectivity index (χ3n) is 7.72. The number of amides is 4.